The number of hydrogen-bond donors (Lipinski definition) is 1. The minimum atomic E-state index is -0.532. The summed E-state index contributed by atoms with van der Waals surface area (Å²) in [7, 11) is 0. The molecule has 1 aromatic rings. The average molecular weight is 255 g/mol. The zero-order chi connectivity index (χ0) is 13.0. The van der Waals surface area contributed by atoms with E-state index in [0.29, 0.717) is 32.1 Å². The van der Waals surface area contributed by atoms with E-state index in [1.165, 1.54) is 6.92 Å². The Labute approximate surface area is 102 Å². The Hall–Kier alpha value is -2.16. The molecule has 0 unspecified atom stereocenters. The second-order valence-electron chi connectivity index (χ2n) is 3.60. The Morgan fingerprint density at radius 3 is 2.72 bits per heavy atom. The predicted octanol–water partition coefficient (Wildman–Crippen LogP) is -0.791. The minimum Gasteiger partial charge on any atom is -0.379 e. The highest BCUT2D eigenvalue weighted by atomic mass is 16.7. The number of rotatable bonds is 2. The Kier molecular flexibility index (Phi) is 3.72. The van der Waals surface area contributed by atoms with Gasteiger partial charge < -0.3 is 20.2 Å². The zero-order valence-electron chi connectivity index (χ0n) is 9.83. The third kappa shape index (κ3) is 2.74. The van der Waals surface area contributed by atoms with Gasteiger partial charge in [-0.2, -0.15) is 0 Å². The van der Waals surface area contributed by atoms with Crippen molar-refractivity contribution in [3.63, 3.8) is 0 Å². The summed E-state index contributed by atoms with van der Waals surface area (Å²) in [6.07, 6.45) is 0. The fraction of sp³-hybridized carbons (Fsp3) is 0.556. The summed E-state index contributed by atoms with van der Waals surface area (Å²) >= 11 is 0. The highest BCUT2D eigenvalue weighted by Gasteiger charge is 2.23. The predicted molar refractivity (Wildman–Crippen MR) is 59.4 cm³/mol. The molecule has 0 spiro atoms. The van der Waals surface area contributed by atoms with Crippen LogP contribution in [0.1, 0.15) is 12.6 Å². The van der Waals surface area contributed by atoms with Gasteiger partial charge in [0.2, 0.25) is 5.84 Å². The van der Waals surface area contributed by atoms with Gasteiger partial charge in [-0.25, -0.2) is 9.42 Å². The summed E-state index contributed by atoms with van der Waals surface area (Å²) < 4.78 is 9.75. The fourth-order valence-corrected chi connectivity index (χ4v) is 1.48. The molecule has 0 atom stereocenters. The molecular weight excluding hydrogens is 242 g/mol. The van der Waals surface area contributed by atoms with E-state index in [4.69, 9.17) is 10.5 Å². The first-order valence-corrected chi connectivity index (χ1v) is 5.35. The first kappa shape index (κ1) is 12.3. The van der Waals surface area contributed by atoms with Crippen LogP contribution >= 0.6 is 0 Å². The lowest BCUT2D eigenvalue weighted by Gasteiger charge is -2.28. The van der Waals surface area contributed by atoms with Gasteiger partial charge in [0.05, 0.1) is 13.2 Å². The first-order chi connectivity index (χ1) is 8.68. The number of anilines is 1. The number of nitrogens with two attached hydrogens (primary N) is 1. The molecule has 9 nitrogen and oxygen atoms in total. The summed E-state index contributed by atoms with van der Waals surface area (Å²) in [5.74, 6) is -0.129. The van der Waals surface area contributed by atoms with Crippen molar-refractivity contribution in [2.45, 2.75) is 6.92 Å². The van der Waals surface area contributed by atoms with Crippen LogP contribution in [0, 0.1) is 0 Å². The molecule has 0 aliphatic carbocycles. The number of carbonyl (C=O) groups is 1. The number of carbonyl (C=O) groups excluding carboxylic acids is 1. The van der Waals surface area contributed by atoms with E-state index in [2.05, 4.69) is 24.9 Å². The molecule has 1 fully saturated rings. The molecule has 0 saturated carbocycles. The van der Waals surface area contributed by atoms with E-state index in [1.54, 1.807) is 0 Å². The van der Waals surface area contributed by atoms with Crippen molar-refractivity contribution in [2.24, 2.45) is 5.16 Å². The molecular formula is C9H13N5O4. The lowest BCUT2D eigenvalue weighted by molar-refractivity contribution is -0.141. The van der Waals surface area contributed by atoms with Gasteiger partial charge in [0, 0.05) is 20.0 Å². The van der Waals surface area contributed by atoms with Crippen LogP contribution in [0.15, 0.2) is 9.78 Å². The third-order valence-electron chi connectivity index (χ3n) is 2.30. The smallest absolute Gasteiger partial charge is 0.332 e. The molecule has 0 amide bonds. The number of hydrogen-bond acceptors (Lipinski definition) is 8. The lowest BCUT2D eigenvalue weighted by atomic mass is 10.3. The van der Waals surface area contributed by atoms with Crippen LogP contribution in [-0.4, -0.2) is 53.3 Å². The van der Waals surface area contributed by atoms with Gasteiger partial charge in [0.1, 0.15) is 0 Å². The van der Waals surface area contributed by atoms with Crippen LogP contribution in [0.25, 0.3) is 0 Å². The largest absolute Gasteiger partial charge is 0.379 e. The molecule has 1 aliphatic heterocycles. The van der Waals surface area contributed by atoms with Gasteiger partial charge in [0.15, 0.2) is 11.5 Å². The Morgan fingerprint density at radius 2 is 2.17 bits per heavy atom. The molecule has 0 bridgehead atoms. The monoisotopic (exact) mass is 255 g/mol. The summed E-state index contributed by atoms with van der Waals surface area (Å²) in [4.78, 5) is 17.3. The van der Waals surface area contributed by atoms with Crippen molar-refractivity contribution >= 4 is 17.6 Å². The molecule has 0 aromatic carbocycles. The SMILES string of the molecule is CC(=O)O/N=C(\c1nonc1N)N1CCOCC1. The first-order valence-electron chi connectivity index (χ1n) is 5.35. The fourth-order valence-electron chi connectivity index (χ4n) is 1.48. The van der Waals surface area contributed by atoms with Crippen LogP contribution in [-0.2, 0) is 14.4 Å². The maximum Gasteiger partial charge on any atom is 0.332 e. The Bertz CT molecular complexity index is 452. The van der Waals surface area contributed by atoms with Crippen molar-refractivity contribution in [1.82, 2.24) is 15.2 Å². The maximum atomic E-state index is 10.8. The van der Waals surface area contributed by atoms with Crippen molar-refractivity contribution in [3.8, 4) is 0 Å². The summed E-state index contributed by atoms with van der Waals surface area (Å²) in [6, 6.07) is 0. The lowest BCUT2D eigenvalue weighted by Crippen LogP contribution is -2.41. The van der Waals surface area contributed by atoms with E-state index < -0.39 is 5.97 Å². The molecule has 1 aliphatic rings. The molecule has 1 aromatic heterocycles. The van der Waals surface area contributed by atoms with Crippen molar-refractivity contribution in [3.05, 3.63) is 5.69 Å². The van der Waals surface area contributed by atoms with E-state index >= 15 is 0 Å². The molecule has 2 rings (SSSR count). The van der Waals surface area contributed by atoms with Gasteiger partial charge >= 0.3 is 5.97 Å². The zero-order valence-corrected chi connectivity index (χ0v) is 9.83. The molecule has 98 valence electrons. The maximum absolute atomic E-state index is 10.8. The van der Waals surface area contributed by atoms with E-state index in [9.17, 15) is 4.79 Å². The highest BCUT2D eigenvalue weighted by molar-refractivity contribution is 6.00. The minimum absolute atomic E-state index is 0.0902. The number of oxime groups is 1. The standard InChI is InChI=1S/C9H13N5O4/c1-6(15)17-13-9(7-8(10)12-18-11-7)14-2-4-16-5-3-14/h2-5H2,1H3,(H2,10,12)/b13-9+. The summed E-state index contributed by atoms with van der Waals surface area (Å²) in [6.45, 7) is 3.53. The molecule has 0 radical (unpaired) electrons. The average Bonchev–Trinajstić information content (AvgIpc) is 2.77. The number of nitrogen functional groups attached to an aromatic ring is 1. The Balaban J connectivity index is 2.25. The second kappa shape index (κ2) is 5.45. The molecule has 18 heavy (non-hydrogen) atoms. The van der Waals surface area contributed by atoms with Gasteiger partial charge in [0.25, 0.3) is 0 Å². The highest BCUT2D eigenvalue weighted by Crippen LogP contribution is 2.12. The third-order valence-corrected chi connectivity index (χ3v) is 2.30. The number of ether oxygens (including phenoxy) is 1. The molecule has 9 heteroatoms. The summed E-state index contributed by atoms with van der Waals surface area (Å²) in [5, 5.41) is 10.9. The van der Waals surface area contributed by atoms with Crippen LogP contribution < -0.4 is 5.73 Å². The number of aromatic nitrogens is 2. The number of amidine groups is 1. The molecule has 1 saturated heterocycles. The quantitative estimate of drug-likeness (QED) is 0.316. The van der Waals surface area contributed by atoms with Crippen LogP contribution in [0.3, 0.4) is 0 Å². The van der Waals surface area contributed by atoms with Crippen molar-refractivity contribution < 1.29 is 19.0 Å². The van der Waals surface area contributed by atoms with E-state index in [1.807, 2.05) is 4.90 Å². The molecule has 2 heterocycles. The van der Waals surface area contributed by atoms with E-state index in [0.717, 1.165) is 0 Å². The van der Waals surface area contributed by atoms with Crippen molar-refractivity contribution in [2.75, 3.05) is 32.0 Å². The topological polar surface area (TPSA) is 116 Å². The van der Waals surface area contributed by atoms with Gasteiger partial charge in [-0.05, 0) is 10.3 Å². The van der Waals surface area contributed by atoms with Crippen LogP contribution in [0.4, 0.5) is 5.82 Å². The number of nitrogens with zero attached hydrogens (tertiary/aromatic N) is 4. The van der Waals surface area contributed by atoms with Crippen LogP contribution in [0.2, 0.25) is 0 Å². The second-order valence-corrected chi connectivity index (χ2v) is 3.60. The van der Waals surface area contributed by atoms with E-state index in [-0.39, 0.29) is 11.5 Å². The van der Waals surface area contributed by atoms with Gasteiger partial charge in [-0.3, -0.25) is 0 Å². The Morgan fingerprint density at radius 1 is 1.44 bits per heavy atom. The number of morpholine rings is 1. The molecule has 2 N–H and O–H groups in total. The normalized spacial score (nSPS) is 16.7. The van der Waals surface area contributed by atoms with Crippen LogP contribution in [0.5, 0.6) is 0 Å². The summed E-state index contributed by atoms with van der Waals surface area (Å²) in [5.41, 5.74) is 5.86. The van der Waals surface area contributed by atoms with Gasteiger partial charge in [-0.1, -0.05) is 5.16 Å². The van der Waals surface area contributed by atoms with Gasteiger partial charge in [-0.15, -0.1) is 0 Å². The van der Waals surface area contributed by atoms with Crippen molar-refractivity contribution in [1.29, 1.82) is 0 Å².